The Balaban J connectivity index is 1.50. The number of hydrogen-bond acceptors (Lipinski definition) is 4. The molecule has 0 atom stereocenters. The minimum Gasteiger partial charge on any atom is -0.371 e. The molecule has 2 aromatic rings. The minimum absolute atomic E-state index is 0.0269. The second kappa shape index (κ2) is 9.91. The van der Waals surface area contributed by atoms with Crippen LogP contribution in [0.25, 0.3) is 0 Å². The van der Waals surface area contributed by atoms with E-state index in [1.165, 1.54) is 0 Å². The summed E-state index contributed by atoms with van der Waals surface area (Å²) in [5, 5.41) is 3.07. The third kappa shape index (κ3) is 5.99. The number of alkyl halides is 3. The maximum atomic E-state index is 13.6. The van der Waals surface area contributed by atoms with E-state index in [4.69, 9.17) is 11.6 Å². The maximum Gasteiger partial charge on any atom is 0.416 e. The number of piperazine rings is 1. The number of anilines is 2. The molecule has 2 heterocycles. The third-order valence-electron chi connectivity index (χ3n) is 6.47. The van der Waals surface area contributed by atoms with Crippen LogP contribution < -0.4 is 10.2 Å². The Morgan fingerprint density at radius 3 is 2.33 bits per heavy atom. The van der Waals surface area contributed by atoms with Gasteiger partial charge in [-0.05, 0) is 56.3 Å². The number of carbonyl (C=O) groups is 1. The number of amides is 1. The van der Waals surface area contributed by atoms with Crippen LogP contribution in [0, 0.1) is 0 Å². The Labute approximate surface area is 197 Å². The molecule has 178 valence electrons. The molecule has 2 saturated heterocycles. The van der Waals surface area contributed by atoms with E-state index < -0.39 is 17.6 Å². The van der Waals surface area contributed by atoms with E-state index in [0.29, 0.717) is 35.5 Å². The predicted molar refractivity (Wildman–Crippen MR) is 125 cm³/mol. The molecule has 1 amide bonds. The van der Waals surface area contributed by atoms with Crippen molar-refractivity contribution in [2.24, 2.45) is 0 Å². The second-order valence-corrected chi connectivity index (χ2v) is 9.22. The monoisotopic (exact) mass is 480 g/mol. The van der Waals surface area contributed by atoms with Crippen LogP contribution in [0.5, 0.6) is 0 Å². The van der Waals surface area contributed by atoms with Crippen LogP contribution in [0.1, 0.15) is 28.8 Å². The first-order valence-electron chi connectivity index (χ1n) is 11.2. The Kier molecular flexibility index (Phi) is 7.16. The molecule has 0 aliphatic carbocycles. The number of likely N-dealkylation sites (N-methyl/N-ethyl adjacent to an activating group) is 1. The lowest BCUT2D eigenvalue weighted by Crippen LogP contribution is -2.52. The Morgan fingerprint density at radius 2 is 1.70 bits per heavy atom. The van der Waals surface area contributed by atoms with Crippen LogP contribution in [-0.4, -0.2) is 68.1 Å². The van der Waals surface area contributed by atoms with Crippen LogP contribution in [0.4, 0.5) is 24.5 Å². The number of hydrogen-bond donors (Lipinski definition) is 1. The molecule has 5 nitrogen and oxygen atoms in total. The third-order valence-corrected chi connectivity index (χ3v) is 6.71. The average molecular weight is 481 g/mol. The van der Waals surface area contributed by atoms with Gasteiger partial charge in [0.1, 0.15) is 0 Å². The quantitative estimate of drug-likeness (QED) is 0.680. The molecule has 2 aliphatic rings. The molecular weight excluding hydrogens is 453 g/mol. The summed E-state index contributed by atoms with van der Waals surface area (Å²) in [6, 6.07) is 10.6. The summed E-state index contributed by atoms with van der Waals surface area (Å²) in [7, 11) is 2.12. The highest BCUT2D eigenvalue weighted by atomic mass is 35.5. The fourth-order valence-corrected chi connectivity index (χ4v) is 4.72. The van der Waals surface area contributed by atoms with Gasteiger partial charge in [-0.2, -0.15) is 13.2 Å². The van der Waals surface area contributed by atoms with E-state index in [0.717, 1.165) is 51.2 Å². The number of halogens is 4. The molecule has 4 rings (SSSR count). The largest absolute Gasteiger partial charge is 0.416 e. The van der Waals surface area contributed by atoms with Crippen molar-refractivity contribution in [1.82, 2.24) is 9.80 Å². The molecule has 0 radical (unpaired) electrons. The first-order valence-corrected chi connectivity index (χ1v) is 11.5. The molecule has 0 aromatic heterocycles. The summed E-state index contributed by atoms with van der Waals surface area (Å²) in [5.41, 5.74) is 0.00998. The van der Waals surface area contributed by atoms with Crippen molar-refractivity contribution in [3.8, 4) is 0 Å². The Hall–Kier alpha value is -2.29. The fraction of sp³-hybridized carbons (Fsp3) is 0.458. The topological polar surface area (TPSA) is 38.8 Å². The second-order valence-electron chi connectivity index (χ2n) is 8.79. The average Bonchev–Trinajstić information content (AvgIpc) is 2.79. The number of nitrogens with zero attached hydrogens (tertiary/aromatic N) is 3. The Bertz CT molecular complexity index is 984. The summed E-state index contributed by atoms with van der Waals surface area (Å²) in [6.45, 7) is 5.45. The van der Waals surface area contributed by atoms with E-state index in [1.807, 2.05) is 4.90 Å². The van der Waals surface area contributed by atoms with Crippen LogP contribution >= 0.6 is 11.6 Å². The molecule has 2 aromatic carbocycles. The lowest BCUT2D eigenvalue weighted by atomic mass is 10.00. The molecule has 0 saturated carbocycles. The summed E-state index contributed by atoms with van der Waals surface area (Å²) in [6.07, 6.45) is -2.76. The maximum absolute atomic E-state index is 13.6. The van der Waals surface area contributed by atoms with Gasteiger partial charge in [-0.1, -0.05) is 17.7 Å². The van der Waals surface area contributed by atoms with Crippen molar-refractivity contribution >= 4 is 28.9 Å². The van der Waals surface area contributed by atoms with Crippen molar-refractivity contribution in [3.05, 3.63) is 58.6 Å². The number of piperidine rings is 1. The highest BCUT2D eigenvalue weighted by Crippen LogP contribution is 2.34. The van der Waals surface area contributed by atoms with Crippen molar-refractivity contribution in [3.63, 3.8) is 0 Å². The van der Waals surface area contributed by atoms with Crippen LogP contribution in [0.15, 0.2) is 42.5 Å². The van der Waals surface area contributed by atoms with Gasteiger partial charge < -0.3 is 15.1 Å². The highest BCUT2D eigenvalue weighted by Gasteiger charge is 2.33. The van der Waals surface area contributed by atoms with E-state index in [9.17, 15) is 18.0 Å². The zero-order chi connectivity index (χ0) is 23.6. The molecule has 2 aliphatic heterocycles. The van der Waals surface area contributed by atoms with Gasteiger partial charge in [-0.3, -0.25) is 9.69 Å². The van der Waals surface area contributed by atoms with E-state index in [-0.39, 0.29) is 5.56 Å². The smallest absolute Gasteiger partial charge is 0.371 e. The minimum atomic E-state index is -4.54. The molecule has 0 unspecified atom stereocenters. The molecule has 1 N–H and O–H groups in total. The van der Waals surface area contributed by atoms with Gasteiger partial charge in [0, 0.05) is 67.3 Å². The van der Waals surface area contributed by atoms with Crippen LogP contribution in [0.2, 0.25) is 5.02 Å². The normalized spacial score (nSPS) is 19.0. The molecular formula is C24H28ClF3N4O. The van der Waals surface area contributed by atoms with E-state index in [2.05, 4.69) is 22.2 Å². The van der Waals surface area contributed by atoms with Gasteiger partial charge in [0.2, 0.25) is 0 Å². The first-order chi connectivity index (χ1) is 15.7. The van der Waals surface area contributed by atoms with Crippen molar-refractivity contribution in [2.75, 3.05) is 56.5 Å². The zero-order valence-electron chi connectivity index (χ0n) is 18.5. The van der Waals surface area contributed by atoms with Crippen molar-refractivity contribution in [2.45, 2.75) is 25.1 Å². The molecule has 33 heavy (non-hydrogen) atoms. The van der Waals surface area contributed by atoms with Gasteiger partial charge in [-0.25, -0.2) is 0 Å². The molecule has 9 heteroatoms. The number of benzene rings is 2. The van der Waals surface area contributed by atoms with Crippen LogP contribution in [-0.2, 0) is 6.18 Å². The lowest BCUT2D eigenvalue weighted by Gasteiger charge is -2.42. The SMILES string of the molecule is CN1CCN(C2CCN(c3cc(C(=O)Nc4cccc(Cl)c4)cc(C(F)(F)F)c3)CC2)CC1. The molecule has 2 fully saturated rings. The zero-order valence-corrected chi connectivity index (χ0v) is 19.3. The molecule has 0 bridgehead atoms. The summed E-state index contributed by atoms with van der Waals surface area (Å²) in [5.74, 6) is -0.600. The van der Waals surface area contributed by atoms with Crippen molar-refractivity contribution < 1.29 is 18.0 Å². The number of carbonyl (C=O) groups excluding carboxylic acids is 1. The van der Waals surface area contributed by atoms with Crippen molar-refractivity contribution in [1.29, 1.82) is 0 Å². The first kappa shape index (κ1) is 23.9. The summed E-state index contributed by atoms with van der Waals surface area (Å²) >= 11 is 5.95. The summed E-state index contributed by atoms with van der Waals surface area (Å²) < 4.78 is 40.8. The number of rotatable bonds is 4. The highest BCUT2D eigenvalue weighted by molar-refractivity contribution is 6.31. The van der Waals surface area contributed by atoms with Gasteiger partial charge >= 0.3 is 6.18 Å². The lowest BCUT2D eigenvalue weighted by molar-refractivity contribution is -0.137. The Morgan fingerprint density at radius 1 is 1.00 bits per heavy atom. The van der Waals surface area contributed by atoms with Gasteiger partial charge in [0.05, 0.1) is 5.56 Å². The number of nitrogens with one attached hydrogen (secondary N) is 1. The summed E-state index contributed by atoms with van der Waals surface area (Å²) in [4.78, 5) is 19.5. The van der Waals surface area contributed by atoms with Crippen LogP contribution in [0.3, 0.4) is 0 Å². The molecule has 0 spiro atoms. The van der Waals surface area contributed by atoms with Gasteiger partial charge in [-0.15, -0.1) is 0 Å². The van der Waals surface area contributed by atoms with E-state index in [1.54, 1.807) is 30.3 Å². The van der Waals surface area contributed by atoms with Gasteiger partial charge in [0.25, 0.3) is 5.91 Å². The van der Waals surface area contributed by atoms with E-state index >= 15 is 0 Å². The standard InChI is InChI=1S/C24H28ClF3N4O/c1-30-9-11-32(12-10-30)21-5-7-31(8-6-21)22-14-17(13-18(15-22)24(26,27)28)23(33)29-20-4-2-3-19(25)16-20/h2-4,13-16,21H,5-12H2,1H3,(H,29,33). The van der Waals surface area contributed by atoms with Gasteiger partial charge in [0.15, 0.2) is 0 Å². The predicted octanol–water partition coefficient (Wildman–Crippen LogP) is 4.83. The fourth-order valence-electron chi connectivity index (χ4n) is 4.53.